The molecule has 0 saturated heterocycles. The van der Waals surface area contributed by atoms with Gasteiger partial charge in [0.1, 0.15) is 17.5 Å². The molecular formula is C12H8F3NS. The molecule has 0 aliphatic heterocycles. The van der Waals surface area contributed by atoms with E-state index in [0.717, 1.165) is 30.0 Å². The molecule has 2 rings (SSSR count). The molecule has 1 nitrogen and oxygen atoms in total. The zero-order chi connectivity index (χ0) is 12.4. The maximum absolute atomic E-state index is 13.4. The number of benzene rings is 2. The predicted octanol–water partition coefficient (Wildman–Crippen LogP) is 3.84. The van der Waals surface area contributed by atoms with Gasteiger partial charge in [-0.2, -0.15) is 0 Å². The van der Waals surface area contributed by atoms with Crippen LogP contribution in [0.2, 0.25) is 0 Å². The van der Waals surface area contributed by atoms with E-state index in [0.29, 0.717) is 10.6 Å². The minimum absolute atomic E-state index is 0.0716. The van der Waals surface area contributed by atoms with Crippen molar-refractivity contribution in [3.05, 3.63) is 53.8 Å². The second-order valence-corrected chi connectivity index (χ2v) is 4.44. The third-order valence-corrected chi connectivity index (χ3v) is 3.20. The van der Waals surface area contributed by atoms with Crippen molar-refractivity contribution >= 4 is 17.4 Å². The number of nitrogen functional groups attached to an aromatic ring is 1. The fraction of sp³-hybridized carbons (Fsp3) is 0. The van der Waals surface area contributed by atoms with Crippen molar-refractivity contribution in [1.82, 2.24) is 0 Å². The Labute approximate surface area is 100 Å². The molecular weight excluding hydrogens is 247 g/mol. The highest BCUT2D eigenvalue weighted by atomic mass is 32.2. The van der Waals surface area contributed by atoms with Crippen molar-refractivity contribution in [2.45, 2.75) is 9.79 Å². The Kier molecular flexibility index (Phi) is 3.28. The van der Waals surface area contributed by atoms with E-state index >= 15 is 0 Å². The molecule has 0 bridgehead atoms. The molecule has 0 atom stereocenters. The van der Waals surface area contributed by atoms with Crippen LogP contribution >= 0.6 is 11.8 Å². The summed E-state index contributed by atoms with van der Waals surface area (Å²) in [5.74, 6) is -1.59. The van der Waals surface area contributed by atoms with Gasteiger partial charge in [0, 0.05) is 10.6 Å². The highest BCUT2D eigenvalue weighted by Crippen LogP contribution is 2.34. The Bertz CT molecular complexity index is 508. The normalized spacial score (nSPS) is 10.5. The van der Waals surface area contributed by atoms with Crippen molar-refractivity contribution in [2.75, 3.05) is 5.73 Å². The van der Waals surface area contributed by atoms with E-state index in [1.807, 2.05) is 0 Å². The van der Waals surface area contributed by atoms with Crippen LogP contribution in [0.5, 0.6) is 0 Å². The SMILES string of the molecule is Nc1ccc(F)cc1Sc1cc(F)ccc1F. The van der Waals surface area contributed by atoms with E-state index < -0.39 is 17.5 Å². The summed E-state index contributed by atoms with van der Waals surface area (Å²) in [6, 6.07) is 6.87. The summed E-state index contributed by atoms with van der Waals surface area (Å²) < 4.78 is 39.3. The maximum Gasteiger partial charge on any atom is 0.137 e. The van der Waals surface area contributed by atoms with E-state index in [4.69, 9.17) is 5.73 Å². The van der Waals surface area contributed by atoms with Gasteiger partial charge in [-0.15, -0.1) is 0 Å². The molecule has 88 valence electrons. The Morgan fingerprint density at radius 3 is 2.12 bits per heavy atom. The second-order valence-electron chi connectivity index (χ2n) is 3.36. The van der Waals surface area contributed by atoms with Gasteiger partial charge in [-0.25, -0.2) is 13.2 Å². The fourth-order valence-electron chi connectivity index (χ4n) is 1.27. The molecule has 0 saturated carbocycles. The number of halogens is 3. The Hall–Kier alpha value is -1.62. The molecule has 0 fully saturated rings. The van der Waals surface area contributed by atoms with Crippen LogP contribution in [0.3, 0.4) is 0 Å². The third-order valence-electron chi connectivity index (χ3n) is 2.09. The standard InChI is InChI=1S/C12H8F3NS/c13-7-1-3-9(15)11(5-7)17-12-6-8(14)2-4-10(12)16/h1-6H,16H2. The zero-order valence-electron chi connectivity index (χ0n) is 8.58. The van der Waals surface area contributed by atoms with Crippen LogP contribution in [-0.4, -0.2) is 0 Å². The van der Waals surface area contributed by atoms with Gasteiger partial charge in [0.25, 0.3) is 0 Å². The Balaban J connectivity index is 2.37. The average molecular weight is 255 g/mol. The first-order valence-electron chi connectivity index (χ1n) is 4.74. The number of hydrogen-bond acceptors (Lipinski definition) is 2. The monoisotopic (exact) mass is 255 g/mol. The fourth-order valence-corrected chi connectivity index (χ4v) is 2.20. The molecule has 5 heteroatoms. The molecule has 17 heavy (non-hydrogen) atoms. The Morgan fingerprint density at radius 1 is 0.824 bits per heavy atom. The molecule has 2 aromatic carbocycles. The van der Waals surface area contributed by atoms with Gasteiger partial charge in [-0.1, -0.05) is 11.8 Å². The maximum atomic E-state index is 13.4. The number of anilines is 1. The highest BCUT2D eigenvalue weighted by Gasteiger charge is 2.09. The Morgan fingerprint density at radius 2 is 1.41 bits per heavy atom. The van der Waals surface area contributed by atoms with Crippen LogP contribution in [0.4, 0.5) is 18.9 Å². The van der Waals surface area contributed by atoms with Crippen LogP contribution < -0.4 is 5.73 Å². The molecule has 0 heterocycles. The van der Waals surface area contributed by atoms with Gasteiger partial charge < -0.3 is 5.73 Å². The molecule has 0 aliphatic rings. The summed E-state index contributed by atoms with van der Waals surface area (Å²) in [6.45, 7) is 0. The van der Waals surface area contributed by atoms with Crippen LogP contribution in [0, 0.1) is 17.5 Å². The first-order valence-corrected chi connectivity index (χ1v) is 5.56. The van der Waals surface area contributed by atoms with Crippen LogP contribution in [0.1, 0.15) is 0 Å². The molecule has 0 amide bonds. The van der Waals surface area contributed by atoms with E-state index in [-0.39, 0.29) is 4.90 Å². The highest BCUT2D eigenvalue weighted by molar-refractivity contribution is 7.99. The van der Waals surface area contributed by atoms with Crippen molar-refractivity contribution < 1.29 is 13.2 Å². The molecule has 2 aromatic rings. The molecule has 0 radical (unpaired) electrons. The summed E-state index contributed by atoms with van der Waals surface area (Å²) in [5, 5.41) is 0. The third kappa shape index (κ3) is 2.74. The van der Waals surface area contributed by atoms with Crippen LogP contribution in [-0.2, 0) is 0 Å². The average Bonchev–Trinajstić information content (AvgIpc) is 2.28. The van der Waals surface area contributed by atoms with E-state index in [2.05, 4.69) is 0 Å². The molecule has 2 N–H and O–H groups in total. The molecule has 0 aromatic heterocycles. The minimum atomic E-state index is -0.569. The van der Waals surface area contributed by atoms with Crippen molar-refractivity contribution in [3.8, 4) is 0 Å². The van der Waals surface area contributed by atoms with E-state index in [1.165, 1.54) is 18.2 Å². The second kappa shape index (κ2) is 4.71. The zero-order valence-corrected chi connectivity index (χ0v) is 9.40. The number of hydrogen-bond donors (Lipinski definition) is 1. The van der Waals surface area contributed by atoms with Crippen molar-refractivity contribution in [1.29, 1.82) is 0 Å². The topological polar surface area (TPSA) is 26.0 Å². The largest absolute Gasteiger partial charge is 0.398 e. The lowest BCUT2D eigenvalue weighted by molar-refractivity contribution is 0.577. The predicted molar refractivity (Wildman–Crippen MR) is 61.3 cm³/mol. The van der Waals surface area contributed by atoms with Gasteiger partial charge in [0.05, 0.1) is 4.90 Å². The van der Waals surface area contributed by atoms with E-state index in [9.17, 15) is 13.2 Å². The van der Waals surface area contributed by atoms with E-state index in [1.54, 1.807) is 0 Å². The smallest absolute Gasteiger partial charge is 0.137 e. The summed E-state index contributed by atoms with van der Waals surface area (Å²) in [5.41, 5.74) is 5.94. The first kappa shape index (κ1) is 11.9. The molecule has 0 aliphatic carbocycles. The van der Waals surface area contributed by atoms with Gasteiger partial charge >= 0.3 is 0 Å². The van der Waals surface area contributed by atoms with Crippen molar-refractivity contribution in [3.63, 3.8) is 0 Å². The minimum Gasteiger partial charge on any atom is -0.398 e. The lowest BCUT2D eigenvalue weighted by Crippen LogP contribution is -1.90. The number of rotatable bonds is 2. The summed E-state index contributed by atoms with van der Waals surface area (Å²) in [7, 11) is 0. The summed E-state index contributed by atoms with van der Waals surface area (Å²) in [4.78, 5) is 0.428. The van der Waals surface area contributed by atoms with Gasteiger partial charge in [0.2, 0.25) is 0 Å². The van der Waals surface area contributed by atoms with Crippen LogP contribution in [0.15, 0.2) is 46.2 Å². The quantitative estimate of drug-likeness (QED) is 0.825. The first-order chi connectivity index (χ1) is 8.06. The van der Waals surface area contributed by atoms with Gasteiger partial charge in [0.15, 0.2) is 0 Å². The number of nitrogens with two attached hydrogens (primary N) is 1. The van der Waals surface area contributed by atoms with Gasteiger partial charge in [-0.05, 0) is 36.4 Å². The summed E-state index contributed by atoms with van der Waals surface area (Å²) in [6.07, 6.45) is 0. The van der Waals surface area contributed by atoms with Crippen molar-refractivity contribution in [2.24, 2.45) is 0 Å². The molecule has 0 spiro atoms. The summed E-state index contributed by atoms with van der Waals surface area (Å²) >= 11 is 0.889. The molecule has 0 unspecified atom stereocenters. The lowest BCUT2D eigenvalue weighted by atomic mass is 10.3. The lowest BCUT2D eigenvalue weighted by Gasteiger charge is -2.06. The van der Waals surface area contributed by atoms with Gasteiger partial charge in [-0.3, -0.25) is 0 Å². The van der Waals surface area contributed by atoms with Crippen LogP contribution in [0.25, 0.3) is 0 Å².